The molecule has 0 aliphatic carbocycles. The Labute approximate surface area is 120 Å². The van der Waals surface area contributed by atoms with E-state index in [1.807, 2.05) is 0 Å². The number of nitrogens with one attached hydrogen (secondary N) is 1. The lowest BCUT2D eigenvalue weighted by molar-refractivity contribution is -0.274. The molecule has 1 fully saturated rings. The predicted molar refractivity (Wildman–Crippen MR) is 69.9 cm³/mol. The molecule has 1 aliphatic rings. The van der Waals surface area contributed by atoms with E-state index in [1.54, 1.807) is 6.07 Å². The lowest BCUT2D eigenvalue weighted by Gasteiger charge is -2.20. The van der Waals surface area contributed by atoms with E-state index >= 15 is 0 Å². The van der Waals surface area contributed by atoms with Gasteiger partial charge in [-0.1, -0.05) is 12.1 Å². The van der Waals surface area contributed by atoms with Gasteiger partial charge in [-0.25, -0.2) is 0 Å². The third-order valence-corrected chi connectivity index (χ3v) is 3.29. The Morgan fingerprint density at radius 2 is 2.24 bits per heavy atom. The minimum atomic E-state index is -4.72. The van der Waals surface area contributed by atoms with Gasteiger partial charge in [-0.05, 0) is 30.5 Å². The van der Waals surface area contributed by atoms with Gasteiger partial charge in [0.2, 0.25) is 0 Å². The summed E-state index contributed by atoms with van der Waals surface area (Å²) in [4.78, 5) is 0. The Morgan fingerprint density at radius 1 is 1.43 bits per heavy atom. The molecule has 0 bridgehead atoms. The molecule has 1 aliphatic heterocycles. The Kier molecular flexibility index (Phi) is 5.44. The zero-order chi connectivity index (χ0) is 15.3. The Bertz CT molecular complexity index is 447. The van der Waals surface area contributed by atoms with Crippen LogP contribution in [0.15, 0.2) is 24.3 Å². The first kappa shape index (κ1) is 16.1. The second-order valence-corrected chi connectivity index (χ2v) is 4.90. The van der Waals surface area contributed by atoms with Crippen LogP contribution in [0.5, 0.6) is 5.75 Å². The average molecular weight is 305 g/mol. The molecule has 2 atom stereocenters. The van der Waals surface area contributed by atoms with Gasteiger partial charge in [-0.3, -0.25) is 0 Å². The minimum absolute atomic E-state index is 0.0913. The molecule has 0 aromatic heterocycles. The summed E-state index contributed by atoms with van der Waals surface area (Å²) in [6, 6.07) is 5.16. The van der Waals surface area contributed by atoms with Gasteiger partial charge in [-0.15, -0.1) is 13.2 Å². The zero-order valence-corrected chi connectivity index (χ0v) is 11.4. The highest BCUT2D eigenvalue weighted by Gasteiger charge is 2.31. The van der Waals surface area contributed by atoms with Crippen LogP contribution in [0.25, 0.3) is 0 Å². The van der Waals surface area contributed by atoms with E-state index in [0.29, 0.717) is 12.1 Å². The number of hydrogen-bond acceptors (Lipinski definition) is 4. The molecule has 1 heterocycles. The highest BCUT2D eigenvalue weighted by molar-refractivity contribution is 5.30. The van der Waals surface area contributed by atoms with Crippen LogP contribution in [-0.4, -0.2) is 37.3 Å². The summed E-state index contributed by atoms with van der Waals surface area (Å²) in [6.45, 7) is 1.06. The van der Waals surface area contributed by atoms with Crippen molar-refractivity contribution in [2.75, 3.05) is 19.8 Å². The molecular weight excluding hydrogens is 287 g/mol. The van der Waals surface area contributed by atoms with Crippen LogP contribution >= 0.6 is 0 Å². The molecule has 0 amide bonds. The lowest BCUT2D eigenvalue weighted by Crippen LogP contribution is -2.32. The van der Waals surface area contributed by atoms with Crippen molar-refractivity contribution in [3.8, 4) is 5.75 Å². The van der Waals surface area contributed by atoms with Crippen molar-refractivity contribution in [3.63, 3.8) is 0 Å². The SMILES string of the molecule is OCC(NCC1CCCO1)c1cccc(OC(F)(F)F)c1. The van der Waals surface area contributed by atoms with Gasteiger partial charge >= 0.3 is 6.36 Å². The quantitative estimate of drug-likeness (QED) is 0.847. The normalized spacial score (nSPS) is 20.5. The van der Waals surface area contributed by atoms with Gasteiger partial charge in [0.15, 0.2) is 0 Å². The van der Waals surface area contributed by atoms with Crippen molar-refractivity contribution in [2.24, 2.45) is 0 Å². The second kappa shape index (κ2) is 7.11. The van der Waals surface area contributed by atoms with Crippen molar-refractivity contribution in [1.29, 1.82) is 0 Å². The van der Waals surface area contributed by atoms with E-state index in [9.17, 15) is 18.3 Å². The van der Waals surface area contributed by atoms with E-state index in [0.717, 1.165) is 19.4 Å². The Morgan fingerprint density at radius 3 is 2.86 bits per heavy atom. The third-order valence-electron chi connectivity index (χ3n) is 3.29. The molecular formula is C14H18F3NO3. The summed E-state index contributed by atoms with van der Waals surface area (Å²) < 4.78 is 46.0. The summed E-state index contributed by atoms with van der Waals surface area (Å²) in [5.74, 6) is -0.294. The number of halogens is 3. The second-order valence-electron chi connectivity index (χ2n) is 4.90. The van der Waals surface area contributed by atoms with Crippen LogP contribution < -0.4 is 10.1 Å². The monoisotopic (exact) mass is 305 g/mol. The van der Waals surface area contributed by atoms with Crippen molar-refractivity contribution < 1.29 is 27.8 Å². The number of alkyl halides is 3. The molecule has 2 N–H and O–H groups in total. The van der Waals surface area contributed by atoms with E-state index in [1.165, 1.54) is 18.2 Å². The van der Waals surface area contributed by atoms with E-state index < -0.39 is 12.4 Å². The number of ether oxygens (including phenoxy) is 2. The Balaban J connectivity index is 1.98. The first-order chi connectivity index (χ1) is 9.98. The maximum atomic E-state index is 12.2. The molecule has 1 aromatic rings. The highest BCUT2D eigenvalue weighted by Crippen LogP contribution is 2.25. The molecule has 4 nitrogen and oxygen atoms in total. The average Bonchev–Trinajstić information content (AvgIpc) is 2.91. The summed E-state index contributed by atoms with van der Waals surface area (Å²) in [5, 5.41) is 12.5. The maximum absolute atomic E-state index is 12.2. The molecule has 0 radical (unpaired) electrons. The third kappa shape index (κ3) is 5.18. The fourth-order valence-corrected chi connectivity index (χ4v) is 2.30. The number of rotatable bonds is 6. The highest BCUT2D eigenvalue weighted by atomic mass is 19.4. The molecule has 21 heavy (non-hydrogen) atoms. The first-order valence-corrected chi connectivity index (χ1v) is 6.79. The smallest absolute Gasteiger partial charge is 0.406 e. The van der Waals surface area contributed by atoms with Crippen molar-refractivity contribution in [3.05, 3.63) is 29.8 Å². The molecule has 1 aromatic carbocycles. The van der Waals surface area contributed by atoms with Gasteiger partial charge in [-0.2, -0.15) is 0 Å². The standard InChI is InChI=1S/C14H18F3NO3/c15-14(16,17)21-11-4-1-3-10(7-11)13(9-19)18-8-12-5-2-6-20-12/h1,3-4,7,12-13,18-19H,2,5-6,8-9H2. The number of benzene rings is 1. The summed E-state index contributed by atoms with van der Waals surface area (Å²) in [5.41, 5.74) is 0.539. The number of aliphatic hydroxyl groups excluding tert-OH is 1. The topological polar surface area (TPSA) is 50.7 Å². The summed E-state index contributed by atoms with van der Waals surface area (Å²) in [6.07, 6.45) is -2.68. The molecule has 7 heteroatoms. The number of aliphatic hydroxyl groups is 1. The van der Waals surface area contributed by atoms with Gasteiger partial charge in [0, 0.05) is 13.2 Å². The van der Waals surface area contributed by atoms with Crippen LogP contribution in [-0.2, 0) is 4.74 Å². The van der Waals surface area contributed by atoms with Crippen molar-refractivity contribution in [1.82, 2.24) is 5.32 Å². The number of hydrogen-bond donors (Lipinski definition) is 2. The van der Waals surface area contributed by atoms with Gasteiger partial charge < -0.3 is 19.9 Å². The fraction of sp³-hybridized carbons (Fsp3) is 0.571. The lowest BCUT2D eigenvalue weighted by atomic mass is 10.1. The molecule has 0 saturated carbocycles. The van der Waals surface area contributed by atoms with Crippen LogP contribution in [0.4, 0.5) is 13.2 Å². The molecule has 2 rings (SSSR count). The Hall–Kier alpha value is -1.31. The van der Waals surface area contributed by atoms with Crippen LogP contribution in [0.3, 0.4) is 0 Å². The van der Waals surface area contributed by atoms with Gasteiger partial charge in [0.1, 0.15) is 5.75 Å². The van der Waals surface area contributed by atoms with Gasteiger partial charge in [0.25, 0.3) is 0 Å². The molecule has 0 spiro atoms. The van der Waals surface area contributed by atoms with Crippen LogP contribution in [0, 0.1) is 0 Å². The van der Waals surface area contributed by atoms with Gasteiger partial charge in [0.05, 0.1) is 18.8 Å². The largest absolute Gasteiger partial charge is 0.573 e. The van der Waals surface area contributed by atoms with E-state index in [4.69, 9.17) is 4.74 Å². The van der Waals surface area contributed by atoms with Crippen LogP contribution in [0.1, 0.15) is 24.4 Å². The zero-order valence-electron chi connectivity index (χ0n) is 11.4. The van der Waals surface area contributed by atoms with E-state index in [-0.39, 0.29) is 18.5 Å². The maximum Gasteiger partial charge on any atom is 0.573 e. The summed E-state index contributed by atoms with van der Waals surface area (Å²) >= 11 is 0. The summed E-state index contributed by atoms with van der Waals surface area (Å²) in [7, 11) is 0. The van der Waals surface area contributed by atoms with E-state index in [2.05, 4.69) is 10.1 Å². The molecule has 118 valence electrons. The molecule has 1 saturated heterocycles. The van der Waals surface area contributed by atoms with Crippen molar-refractivity contribution in [2.45, 2.75) is 31.3 Å². The first-order valence-electron chi connectivity index (χ1n) is 6.79. The van der Waals surface area contributed by atoms with Crippen LogP contribution in [0.2, 0.25) is 0 Å². The molecule has 2 unspecified atom stereocenters. The van der Waals surface area contributed by atoms with Crippen molar-refractivity contribution >= 4 is 0 Å². The minimum Gasteiger partial charge on any atom is -0.406 e. The predicted octanol–water partition coefficient (Wildman–Crippen LogP) is 2.39. The fourth-order valence-electron chi connectivity index (χ4n) is 2.30.